The standard InChI is InChI=1S/C22H23N3O5S2/c1-12-8-16(30-11-20(27)28)6-7-18(12)24-14(3)31-19(13(2)26)9-17-10-23-22(32-17)25-21(29)15-4-5-15/h6-10,15H,4-5,11H2,1-3H3,(H,27,28)(H,23,25,29)/b19-9-,24-14?. The first-order valence-corrected chi connectivity index (χ1v) is 11.5. The molecule has 1 aliphatic carbocycles. The van der Waals surface area contributed by atoms with E-state index in [0.29, 0.717) is 26.5 Å². The number of aryl methyl sites for hydroxylation is 1. The number of carbonyl (C=O) groups is 3. The molecule has 1 heterocycles. The van der Waals surface area contributed by atoms with Gasteiger partial charge in [0.15, 0.2) is 17.5 Å². The van der Waals surface area contributed by atoms with Gasteiger partial charge in [-0.2, -0.15) is 0 Å². The number of carboxylic acids is 1. The Bertz CT molecular complexity index is 1100. The molecule has 1 aliphatic rings. The summed E-state index contributed by atoms with van der Waals surface area (Å²) in [5.41, 5.74) is 1.52. The third-order valence-corrected chi connectivity index (χ3v) is 6.26. The molecule has 0 saturated heterocycles. The number of aliphatic carboxylic acids is 1. The molecule has 1 aromatic carbocycles. The van der Waals surface area contributed by atoms with Gasteiger partial charge in [0.1, 0.15) is 5.75 Å². The predicted octanol–water partition coefficient (Wildman–Crippen LogP) is 4.68. The number of aliphatic imine (C=N–C) groups is 1. The molecule has 2 N–H and O–H groups in total. The molecule has 0 radical (unpaired) electrons. The van der Waals surface area contributed by atoms with Crippen molar-refractivity contribution < 1.29 is 24.2 Å². The molecule has 10 heteroatoms. The summed E-state index contributed by atoms with van der Waals surface area (Å²) in [5, 5.41) is 12.7. The van der Waals surface area contributed by atoms with E-state index >= 15 is 0 Å². The number of anilines is 1. The second kappa shape index (κ2) is 10.6. The lowest BCUT2D eigenvalue weighted by molar-refractivity contribution is -0.139. The van der Waals surface area contributed by atoms with Crippen molar-refractivity contribution in [2.45, 2.75) is 33.6 Å². The van der Waals surface area contributed by atoms with Crippen LogP contribution in [0.3, 0.4) is 0 Å². The number of allylic oxidation sites excluding steroid dienone is 1. The fourth-order valence-corrected chi connectivity index (χ4v) is 4.27. The smallest absolute Gasteiger partial charge is 0.341 e. The third kappa shape index (κ3) is 7.03. The Morgan fingerprint density at radius 3 is 2.72 bits per heavy atom. The number of ether oxygens (including phenoxy) is 1. The van der Waals surface area contributed by atoms with E-state index < -0.39 is 12.6 Å². The number of nitrogens with zero attached hydrogens (tertiary/aromatic N) is 2. The molecule has 1 saturated carbocycles. The van der Waals surface area contributed by atoms with E-state index in [1.165, 1.54) is 30.0 Å². The number of carbonyl (C=O) groups excluding carboxylic acids is 2. The molecule has 0 bridgehead atoms. The van der Waals surface area contributed by atoms with Crippen molar-refractivity contribution in [1.82, 2.24) is 4.98 Å². The number of hydrogen-bond acceptors (Lipinski definition) is 8. The monoisotopic (exact) mass is 473 g/mol. The molecule has 0 spiro atoms. The lowest BCUT2D eigenvalue weighted by atomic mass is 10.2. The summed E-state index contributed by atoms with van der Waals surface area (Å²) in [7, 11) is 0. The van der Waals surface area contributed by atoms with E-state index in [1.54, 1.807) is 30.5 Å². The minimum atomic E-state index is -1.04. The van der Waals surface area contributed by atoms with Crippen LogP contribution in [0.1, 0.15) is 37.1 Å². The Morgan fingerprint density at radius 2 is 2.09 bits per heavy atom. The summed E-state index contributed by atoms with van der Waals surface area (Å²) < 4.78 is 5.18. The number of benzene rings is 1. The van der Waals surface area contributed by atoms with E-state index in [-0.39, 0.29) is 17.6 Å². The van der Waals surface area contributed by atoms with Crippen molar-refractivity contribution in [3.05, 3.63) is 39.7 Å². The number of thioether (sulfide) groups is 1. The number of aromatic nitrogens is 1. The van der Waals surface area contributed by atoms with E-state index in [0.717, 1.165) is 23.3 Å². The van der Waals surface area contributed by atoms with Crippen LogP contribution in [0.4, 0.5) is 10.8 Å². The topological polar surface area (TPSA) is 118 Å². The van der Waals surface area contributed by atoms with Crippen LogP contribution >= 0.6 is 23.1 Å². The van der Waals surface area contributed by atoms with Crippen molar-refractivity contribution >= 4 is 62.7 Å². The summed E-state index contributed by atoms with van der Waals surface area (Å²) in [4.78, 5) is 44.7. The van der Waals surface area contributed by atoms with Crippen molar-refractivity contribution in [2.24, 2.45) is 10.9 Å². The molecule has 1 amide bonds. The fourth-order valence-electron chi connectivity index (χ4n) is 2.64. The number of hydrogen-bond donors (Lipinski definition) is 2. The second-order valence-corrected chi connectivity index (χ2v) is 9.56. The highest BCUT2D eigenvalue weighted by atomic mass is 32.2. The maximum Gasteiger partial charge on any atom is 0.341 e. The lowest BCUT2D eigenvalue weighted by Crippen LogP contribution is -2.12. The Hall–Kier alpha value is -2.98. The molecule has 32 heavy (non-hydrogen) atoms. The number of carboxylic acid groups (broad SMARTS) is 1. The summed E-state index contributed by atoms with van der Waals surface area (Å²) >= 11 is 2.57. The van der Waals surface area contributed by atoms with Gasteiger partial charge in [-0.25, -0.2) is 14.8 Å². The normalized spacial score (nSPS) is 14.2. The van der Waals surface area contributed by atoms with Crippen LogP contribution in [0.15, 0.2) is 34.3 Å². The van der Waals surface area contributed by atoms with Gasteiger partial charge < -0.3 is 15.2 Å². The minimum absolute atomic E-state index is 0.00577. The van der Waals surface area contributed by atoms with Gasteiger partial charge in [0.25, 0.3) is 0 Å². The number of ketones is 1. The van der Waals surface area contributed by atoms with Gasteiger partial charge in [-0.15, -0.1) is 0 Å². The molecule has 0 unspecified atom stereocenters. The number of thiazole rings is 1. The highest BCUT2D eigenvalue weighted by Gasteiger charge is 2.30. The largest absolute Gasteiger partial charge is 0.482 e. The highest BCUT2D eigenvalue weighted by Crippen LogP contribution is 2.32. The van der Waals surface area contributed by atoms with Crippen molar-refractivity contribution in [1.29, 1.82) is 0 Å². The molecule has 3 rings (SSSR count). The Kier molecular flexibility index (Phi) is 7.81. The zero-order valence-electron chi connectivity index (χ0n) is 17.9. The second-order valence-electron chi connectivity index (χ2n) is 7.26. The van der Waals surface area contributed by atoms with Crippen molar-refractivity contribution in [3.8, 4) is 5.75 Å². The first-order chi connectivity index (χ1) is 15.2. The van der Waals surface area contributed by atoms with E-state index in [1.807, 2.05) is 13.8 Å². The highest BCUT2D eigenvalue weighted by molar-refractivity contribution is 8.18. The number of amides is 1. The van der Waals surface area contributed by atoms with Gasteiger partial charge in [-0.05, 0) is 63.5 Å². The molecule has 1 aromatic heterocycles. The average molecular weight is 474 g/mol. The van der Waals surface area contributed by atoms with E-state index in [9.17, 15) is 14.4 Å². The molecule has 2 aromatic rings. The summed E-state index contributed by atoms with van der Waals surface area (Å²) in [6, 6.07) is 5.12. The van der Waals surface area contributed by atoms with Gasteiger partial charge >= 0.3 is 5.97 Å². The zero-order chi connectivity index (χ0) is 23.3. The Labute approximate surface area is 193 Å². The van der Waals surface area contributed by atoms with Crippen molar-refractivity contribution in [3.63, 3.8) is 0 Å². The maximum atomic E-state index is 12.2. The van der Waals surface area contributed by atoms with Crippen LogP contribution in [0.25, 0.3) is 6.08 Å². The quantitative estimate of drug-likeness (QED) is 0.308. The van der Waals surface area contributed by atoms with Gasteiger partial charge in [0.2, 0.25) is 5.91 Å². The lowest BCUT2D eigenvalue weighted by Gasteiger charge is -2.08. The summed E-state index contributed by atoms with van der Waals surface area (Å²) in [6.07, 6.45) is 5.21. The third-order valence-electron chi connectivity index (χ3n) is 4.39. The molecular formula is C22H23N3O5S2. The molecular weight excluding hydrogens is 450 g/mol. The molecule has 168 valence electrons. The molecule has 0 atom stereocenters. The molecule has 8 nitrogen and oxygen atoms in total. The van der Waals surface area contributed by atoms with Crippen LogP contribution in [0, 0.1) is 12.8 Å². The van der Waals surface area contributed by atoms with Gasteiger partial charge in [-0.1, -0.05) is 23.1 Å². The van der Waals surface area contributed by atoms with Crippen LogP contribution in [-0.4, -0.2) is 39.4 Å². The van der Waals surface area contributed by atoms with Crippen LogP contribution in [-0.2, 0) is 14.4 Å². The fraction of sp³-hybridized carbons (Fsp3) is 0.318. The number of Topliss-reactive ketones (excluding diaryl/α,β-unsaturated/α-hetero) is 1. The average Bonchev–Trinajstić information content (AvgIpc) is 3.49. The molecule has 0 aliphatic heterocycles. The van der Waals surface area contributed by atoms with Crippen molar-refractivity contribution in [2.75, 3.05) is 11.9 Å². The first kappa shape index (κ1) is 23.7. The van der Waals surface area contributed by atoms with E-state index in [4.69, 9.17) is 9.84 Å². The summed E-state index contributed by atoms with van der Waals surface area (Å²) in [6.45, 7) is 4.74. The maximum absolute atomic E-state index is 12.2. The van der Waals surface area contributed by atoms with Crippen LogP contribution < -0.4 is 10.1 Å². The Balaban J connectivity index is 1.69. The van der Waals surface area contributed by atoms with Crippen LogP contribution in [0.5, 0.6) is 5.75 Å². The predicted molar refractivity (Wildman–Crippen MR) is 127 cm³/mol. The Morgan fingerprint density at radius 1 is 1.34 bits per heavy atom. The minimum Gasteiger partial charge on any atom is -0.482 e. The summed E-state index contributed by atoms with van der Waals surface area (Å²) in [5.74, 6) is -0.599. The van der Waals surface area contributed by atoms with E-state index in [2.05, 4.69) is 15.3 Å². The molecule has 1 fully saturated rings. The van der Waals surface area contributed by atoms with Gasteiger partial charge in [0.05, 0.1) is 20.5 Å². The number of nitrogens with one attached hydrogen (secondary N) is 1. The van der Waals surface area contributed by atoms with Gasteiger partial charge in [-0.3, -0.25) is 9.59 Å². The van der Waals surface area contributed by atoms with Crippen LogP contribution in [0.2, 0.25) is 0 Å². The first-order valence-electron chi connectivity index (χ1n) is 9.89. The van der Waals surface area contributed by atoms with Gasteiger partial charge in [0, 0.05) is 12.1 Å². The number of rotatable bonds is 9. The SMILES string of the molecule is CC(=O)/C(=C/c1cnc(NC(=O)C2CC2)s1)SC(C)=Nc1ccc(OCC(=O)O)cc1C. The zero-order valence-corrected chi connectivity index (χ0v) is 19.5.